The summed E-state index contributed by atoms with van der Waals surface area (Å²) in [7, 11) is 5.80. The maximum Gasteiger partial charge on any atom is 0.330 e. The standard InChI is InChI=1S/2C11H16O4/c2*1-7-8(5-11(13)15-3)4-9(14-2)6-10(7)12/h2*5,9-10,12H,1,4,6H2,2-3H3/b2*8-5+. The Labute approximate surface area is 177 Å². The normalized spacial score (nSPS) is 29.3. The van der Waals surface area contributed by atoms with Gasteiger partial charge in [-0.3, -0.25) is 0 Å². The molecule has 2 saturated carbocycles. The molecule has 0 saturated heterocycles. The van der Waals surface area contributed by atoms with E-state index in [1.165, 1.54) is 26.4 Å². The van der Waals surface area contributed by atoms with Gasteiger partial charge < -0.3 is 29.2 Å². The molecule has 2 aliphatic rings. The van der Waals surface area contributed by atoms with Gasteiger partial charge >= 0.3 is 11.9 Å². The number of hydrogen-bond donors (Lipinski definition) is 2. The quantitative estimate of drug-likeness (QED) is 0.517. The van der Waals surface area contributed by atoms with Crippen molar-refractivity contribution in [2.75, 3.05) is 28.4 Å². The Morgan fingerprint density at radius 2 is 1.13 bits per heavy atom. The van der Waals surface area contributed by atoms with Crippen molar-refractivity contribution in [1.29, 1.82) is 0 Å². The minimum atomic E-state index is -0.639. The van der Waals surface area contributed by atoms with Crippen molar-refractivity contribution < 1.29 is 38.7 Å². The predicted octanol–water partition coefficient (Wildman–Crippen LogP) is 1.62. The molecule has 8 nitrogen and oxygen atoms in total. The van der Waals surface area contributed by atoms with Crippen molar-refractivity contribution in [3.05, 3.63) is 47.6 Å². The summed E-state index contributed by atoms with van der Waals surface area (Å²) in [6, 6.07) is 0. The van der Waals surface area contributed by atoms with Crippen molar-refractivity contribution in [1.82, 2.24) is 0 Å². The maximum absolute atomic E-state index is 11.1. The number of rotatable bonds is 4. The Morgan fingerprint density at radius 3 is 1.40 bits per heavy atom. The Hall–Kier alpha value is -2.26. The lowest BCUT2D eigenvalue weighted by atomic mass is 9.86. The van der Waals surface area contributed by atoms with Crippen molar-refractivity contribution >= 4 is 11.9 Å². The summed E-state index contributed by atoms with van der Waals surface area (Å²) in [5.41, 5.74) is 2.56. The third kappa shape index (κ3) is 7.53. The summed E-state index contributed by atoms with van der Waals surface area (Å²) < 4.78 is 19.4. The van der Waals surface area contributed by atoms with Crippen LogP contribution in [-0.2, 0) is 28.5 Å². The first-order chi connectivity index (χ1) is 14.2. The van der Waals surface area contributed by atoms with Gasteiger partial charge in [-0.25, -0.2) is 9.59 Å². The fourth-order valence-corrected chi connectivity index (χ4v) is 3.19. The molecular weight excluding hydrogens is 392 g/mol. The number of methoxy groups -OCH3 is 4. The van der Waals surface area contributed by atoms with E-state index in [9.17, 15) is 19.8 Å². The van der Waals surface area contributed by atoms with Gasteiger partial charge in [0.15, 0.2) is 0 Å². The first kappa shape index (κ1) is 25.8. The molecule has 168 valence electrons. The van der Waals surface area contributed by atoms with Crippen LogP contribution in [-0.4, -0.2) is 75.0 Å². The monoisotopic (exact) mass is 424 g/mol. The van der Waals surface area contributed by atoms with E-state index in [2.05, 4.69) is 22.6 Å². The van der Waals surface area contributed by atoms with E-state index < -0.39 is 24.1 Å². The Bertz CT molecular complexity index is 646. The van der Waals surface area contributed by atoms with E-state index in [-0.39, 0.29) is 12.2 Å². The van der Waals surface area contributed by atoms with Crippen LogP contribution in [0.4, 0.5) is 0 Å². The molecule has 0 heterocycles. The van der Waals surface area contributed by atoms with E-state index in [1.807, 2.05) is 0 Å². The maximum atomic E-state index is 11.1. The molecule has 0 spiro atoms. The van der Waals surface area contributed by atoms with Gasteiger partial charge in [-0.2, -0.15) is 0 Å². The van der Waals surface area contributed by atoms with Crippen LogP contribution in [0.1, 0.15) is 25.7 Å². The van der Waals surface area contributed by atoms with E-state index in [0.717, 1.165) is 0 Å². The SMILES string of the molecule is C=C1/C(=C/C(=O)OC)CC(OC)CC1O.C=C1/C(=C/C(=O)OC)CC(OC)CC1O. The van der Waals surface area contributed by atoms with Gasteiger partial charge in [-0.15, -0.1) is 0 Å². The van der Waals surface area contributed by atoms with Crippen LogP contribution in [0.5, 0.6) is 0 Å². The molecule has 0 aliphatic heterocycles. The predicted molar refractivity (Wildman–Crippen MR) is 111 cm³/mol. The van der Waals surface area contributed by atoms with Crippen LogP contribution < -0.4 is 0 Å². The van der Waals surface area contributed by atoms with Crippen LogP contribution in [0.2, 0.25) is 0 Å². The summed E-state index contributed by atoms with van der Waals surface area (Å²) in [5.74, 6) is -0.870. The highest BCUT2D eigenvalue weighted by Crippen LogP contribution is 2.30. The fraction of sp³-hybridized carbons (Fsp3) is 0.545. The summed E-state index contributed by atoms with van der Waals surface area (Å²) >= 11 is 0. The molecule has 0 amide bonds. The average molecular weight is 424 g/mol. The summed E-state index contributed by atoms with van der Waals surface area (Å²) in [4.78, 5) is 22.1. The highest BCUT2D eigenvalue weighted by molar-refractivity contribution is 5.84. The lowest BCUT2D eigenvalue weighted by Crippen LogP contribution is -2.28. The molecule has 2 fully saturated rings. The minimum Gasteiger partial charge on any atom is -0.466 e. The molecule has 0 aromatic heterocycles. The van der Waals surface area contributed by atoms with E-state index in [1.54, 1.807) is 14.2 Å². The average Bonchev–Trinajstić information content (AvgIpc) is 2.74. The lowest BCUT2D eigenvalue weighted by Gasteiger charge is -2.29. The lowest BCUT2D eigenvalue weighted by molar-refractivity contribution is -0.135. The van der Waals surface area contributed by atoms with Gasteiger partial charge in [0.25, 0.3) is 0 Å². The molecule has 0 radical (unpaired) electrons. The highest BCUT2D eigenvalue weighted by atomic mass is 16.5. The number of aliphatic hydroxyl groups excluding tert-OH is 2. The van der Waals surface area contributed by atoms with Gasteiger partial charge in [0.05, 0.1) is 38.6 Å². The Balaban J connectivity index is 0.000000300. The summed E-state index contributed by atoms with van der Waals surface area (Å²) in [6.45, 7) is 7.50. The molecule has 30 heavy (non-hydrogen) atoms. The minimum absolute atomic E-state index is 0.0681. The largest absolute Gasteiger partial charge is 0.466 e. The molecule has 8 heteroatoms. The number of carbonyl (C=O) groups is 2. The Kier molecular flexibility index (Phi) is 10.7. The molecule has 4 unspecified atom stereocenters. The van der Waals surface area contributed by atoms with Crippen LogP contribution in [0, 0.1) is 0 Å². The number of ether oxygens (including phenoxy) is 4. The van der Waals surface area contributed by atoms with Gasteiger partial charge in [0.1, 0.15) is 0 Å². The van der Waals surface area contributed by atoms with E-state index in [0.29, 0.717) is 48.0 Å². The molecule has 4 atom stereocenters. The third-order valence-corrected chi connectivity index (χ3v) is 5.15. The van der Waals surface area contributed by atoms with Gasteiger partial charge in [-0.05, 0) is 35.1 Å². The number of hydrogen-bond acceptors (Lipinski definition) is 8. The van der Waals surface area contributed by atoms with E-state index >= 15 is 0 Å². The second-order valence-corrected chi connectivity index (χ2v) is 7.06. The molecule has 2 rings (SSSR count). The zero-order chi connectivity index (χ0) is 22.8. The van der Waals surface area contributed by atoms with Crippen LogP contribution in [0.25, 0.3) is 0 Å². The number of aliphatic hydroxyl groups is 2. The molecular formula is C22H32O8. The van der Waals surface area contributed by atoms with Crippen LogP contribution in [0.15, 0.2) is 47.6 Å². The van der Waals surface area contributed by atoms with Gasteiger partial charge in [0, 0.05) is 39.2 Å². The molecule has 0 aromatic carbocycles. The summed E-state index contributed by atoms with van der Waals surface area (Å²) in [5, 5.41) is 19.3. The van der Waals surface area contributed by atoms with Crippen molar-refractivity contribution in [3.8, 4) is 0 Å². The van der Waals surface area contributed by atoms with Crippen LogP contribution >= 0.6 is 0 Å². The first-order valence-corrected chi connectivity index (χ1v) is 9.53. The zero-order valence-electron chi connectivity index (χ0n) is 18.1. The fourth-order valence-electron chi connectivity index (χ4n) is 3.19. The second-order valence-electron chi connectivity index (χ2n) is 7.06. The van der Waals surface area contributed by atoms with Crippen LogP contribution in [0.3, 0.4) is 0 Å². The smallest absolute Gasteiger partial charge is 0.330 e. The third-order valence-electron chi connectivity index (χ3n) is 5.15. The summed E-state index contributed by atoms with van der Waals surface area (Å²) in [6.07, 6.45) is 3.51. The topological polar surface area (TPSA) is 112 Å². The molecule has 2 N–H and O–H groups in total. The highest BCUT2D eigenvalue weighted by Gasteiger charge is 2.28. The first-order valence-electron chi connectivity index (χ1n) is 9.53. The Morgan fingerprint density at radius 1 is 0.800 bits per heavy atom. The zero-order valence-corrected chi connectivity index (χ0v) is 18.1. The number of carbonyl (C=O) groups excluding carboxylic acids is 2. The van der Waals surface area contributed by atoms with Crippen molar-refractivity contribution in [2.24, 2.45) is 0 Å². The van der Waals surface area contributed by atoms with E-state index in [4.69, 9.17) is 9.47 Å². The molecule has 2 aliphatic carbocycles. The molecule has 0 bridgehead atoms. The van der Waals surface area contributed by atoms with Gasteiger partial charge in [0.2, 0.25) is 0 Å². The van der Waals surface area contributed by atoms with Gasteiger partial charge in [-0.1, -0.05) is 13.2 Å². The molecule has 0 aromatic rings. The second kappa shape index (κ2) is 12.4. The van der Waals surface area contributed by atoms with Crippen molar-refractivity contribution in [2.45, 2.75) is 50.1 Å². The number of esters is 2. The van der Waals surface area contributed by atoms with Crippen molar-refractivity contribution in [3.63, 3.8) is 0 Å².